The van der Waals surface area contributed by atoms with Gasteiger partial charge < -0.3 is 4.74 Å². The van der Waals surface area contributed by atoms with E-state index in [0.29, 0.717) is 18.9 Å². The normalized spacial score (nSPS) is 9.86. The number of hydrogen-bond acceptors (Lipinski definition) is 2. The van der Waals surface area contributed by atoms with Crippen LogP contribution < -0.4 is 0 Å². The lowest BCUT2D eigenvalue weighted by atomic mass is 10.1. The van der Waals surface area contributed by atoms with Crippen molar-refractivity contribution in [2.75, 3.05) is 6.61 Å². The van der Waals surface area contributed by atoms with Gasteiger partial charge in [0.05, 0.1) is 6.61 Å². The Balaban J connectivity index is 2.41. The van der Waals surface area contributed by atoms with Gasteiger partial charge in [0, 0.05) is 11.4 Å². The Hall–Kier alpha value is -1.02. The summed E-state index contributed by atoms with van der Waals surface area (Å²) in [5.74, 6) is 0.340. The van der Waals surface area contributed by atoms with Crippen molar-refractivity contribution in [1.82, 2.24) is 0 Å². The van der Waals surface area contributed by atoms with Crippen LogP contribution in [0.15, 0.2) is 24.3 Å². The maximum absolute atomic E-state index is 7.44. The lowest BCUT2D eigenvalue weighted by molar-refractivity contribution is 0.314. The quantitative estimate of drug-likeness (QED) is 0.602. The highest BCUT2D eigenvalue weighted by Gasteiger charge is 1.99. The Morgan fingerprint density at radius 3 is 2.93 bits per heavy atom. The minimum atomic E-state index is 0.340. The van der Waals surface area contributed by atoms with Gasteiger partial charge in [0.25, 0.3) is 0 Å². The molecule has 0 heterocycles. The summed E-state index contributed by atoms with van der Waals surface area (Å²) in [6.07, 6.45) is 1.44. The summed E-state index contributed by atoms with van der Waals surface area (Å²) in [5.41, 5.74) is 1.14. The van der Waals surface area contributed by atoms with Gasteiger partial charge in [0.1, 0.15) is 0 Å². The Labute approximate surface area is 89.4 Å². The van der Waals surface area contributed by atoms with Crippen molar-refractivity contribution in [2.45, 2.75) is 19.8 Å². The monoisotopic (exact) mass is 211 g/mol. The highest BCUT2D eigenvalue weighted by Crippen LogP contribution is 2.12. The summed E-state index contributed by atoms with van der Waals surface area (Å²) in [6.45, 7) is 2.45. The molecule has 3 heteroatoms. The summed E-state index contributed by atoms with van der Waals surface area (Å²) in [4.78, 5) is 0. The predicted molar refractivity (Wildman–Crippen MR) is 59.1 cm³/mol. The molecule has 0 amide bonds. The molecular formula is C11H14ClNO. The summed E-state index contributed by atoms with van der Waals surface area (Å²) >= 11 is 5.84. The number of rotatable bonds is 4. The van der Waals surface area contributed by atoms with E-state index in [2.05, 4.69) is 0 Å². The number of benzene rings is 1. The second-order valence-electron chi connectivity index (χ2n) is 2.99. The van der Waals surface area contributed by atoms with Crippen molar-refractivity contribution in [3.63, 3.8) is 0 Å². The van der Waals surface area contributed by atoms with Crippen LogP contribution in [-0.2, 0) is 11.2 Å². The van der Waals surface area contributed by atoms with Crippen LogP contribution in [-0.4, -0.2) is 12.5 Å². The first-order valence-electron chi connectivity index (χ1n) is 4.67. The van der Waals surface area contributed by atoms with E-state index in [9.17, 15) is 0 Å². The van der Waals surface area contributed by atoms with Gasteiger partial charge in [0.2, 0.25) is 0 Å². The van der Waals surface area contributed by atoms with Crippen molar-refractivity contribution >= 4 is 17.5 Å². The summed E-state index contributed by atoms with van der Waals surface area (Å²) in [5, 5.41) is 8.18. The van der Waals surface area contributed by atoms with Gasteiger partial charge in [-0.1, -0.05) is 23.7 Å². The highest BCUT2D eigenvalue weighted by atomic mass is 35.5. The molecule has 1 rings (SSSR count). The van der Waals surface area contributed by atoms with Crippen LogP contribution in [0.3, 0.4) is 0 Å². The summed E-state index contributed by atoms with van der Waals surface area (Å²) < 4.78 is 5.04. The molecule has 0 saturated carbocycles. The van der Waals surface area contributed by atoms with Crippen molar-refractivity contribution in [1.29, 1.82) is 5.41 Å². The van der Waals surface area contributed by atoms with Gasteiger partial charge in [-0.05, 0) is 31.0 Å². The number of aryl methyl sites for hydroxylation is 1. The van der Waals surface area contributed by atoms with E-state index in [4.69, 9.17) is 21.7 Å². The van der Waals surface area contributed by atoms with E-state index in [1.807, 2.05) is 31.2 Å². The van der Waals surface area contributed by atoms with Crippen molar-refractivity contribution in [2.24, 2.45) is 0 Å². The van der Waals surface area contributed by atoms with Crippen LogP contribution in [0, 0.1) is 5.41 Å². The Morgan fingerprint density at radius 2 is 2.29 bits per heavy atom. The van der Waals surface area contributed by atoms with Crippen LogP contribution in [0.4, 0.5) is 0 Å². The van der Waals surface area contributed by atoms with Crippen molar-refractivity contribution in [3.05, 3.63) is 34.9 Å². The third kappa shape index (κ3) is 3.79. The van der Waals surface area contributed by atoms with Crippen molar-refractivity contribution in [3.8, 4) is 0 Å². The molecule has 0 aliphatic rings. The standard InChI is InChI=1S/C11H14ClNO/c1-2-14-11(13)7-6-9-4-3-5-10(12)8-9/h3-5,8,13H,2,6-7H2,1H3. The second-order valence-corrected chi connectivity index (χ2v) is 3.42. The largest absolute Gasteiger partial charge is 0.481 e. The summed E-state index contributed by atoms with van der Waals surface area (Å²) in [7, 11) is 0. The molecule has 0 radical (unpaired) electrons. The molecule has 1 aromatic rings. The highest BCUT2D eigenvalue weighted by molar-refractivity contribution is 6.30. The molecule has 76 valence electrons. The summed E-state index contributed by atoms with van der Waals surface area (Å²) in [6, 6.07) is 7.69. The fourth-order valence-corrected chi connectivity index (χ4v) is 1.41. The molecule has 0 bridgehead atoms. The fourth-order valence-electron chi connectivity index (χ4n) is 1.20. The van der Waals surface area contributed by atoms with Crippen LogP contribution in [0.5, 0.6) is 0 Å². The van der Waals surface area contributed by atoms with Gasteiger partial charge in [0.15, 0.2) is 5.90 Å². The number of ether oxygens (including phenoxy) is 1. The molecule has 0 aromatic heterocycles. The number of hydrogen-bond donors (Lipinski definition) is 1. The zero-order valence-corrected chi connectivity index (χ0v) is 8.97. The van der Waals surface area contributed by atoms with E-state index < -0.39 is 0 Å². The van der Waals surface area contributed by atoms with E-state index in [1.54, 1.807) is 0 Å². The Bertz CT molecular complexity index is 312. The minimum absolute atomic E-state index is 0.340. The van der Waals surface area contributed by atoms with Gasteiger partial charge in [-0.3, -0.25) is 5.41 Å². The van der Waals surface area contributed by atoms with E-state index in [1.165, 1.54) is 0 Å². The Kier molecular flexibility index (Phi) is 4.47. The van der Waals surface area contributed by atoms with Gasteiger partial charge in [-0.2, -0.15) is 0 Å². The molecule has 0 aliphatic heterocycles. The zero-order valence-electron chi connectivity index (χ0n) is 8.22. The molecule has 0 unspecified atom stereocenters. The lowest BCUT2D eigenvalue weighted by Gasteiger charge is -2.04. The molecular weight excluding hydrogens is 198 g/mol. The van der Waals surface area contributed by atoms with Crippen LogP contribution >= 0.6 is 11.6 Å². The first-order chi connectivity index (χ1) is 6.72. The first-order valence-corrected chi connectivity index (χ1v) is 5.05. The molecule has 14 heavy (non-hydrogen) atoms. The second kappa shape index (κ2) is 5.66. The topological polar surface area (TPSA) is 33.1 Å². The smallest absolute Gasteiger partial charge is 0.180 e. The van der Waals surface area contributed by atoms with Gasteiger partial charge in [-0.25, -0.2) is 0 Å². The average Bonchev–Trinajstić information content (AvgIpc) is 2.15. The maximum Gasteiger partial charge on any atom is 0.180 e. The zero-order chi connectivity index (χ0) is 10.4. The maximum atomic E-state index is 7.44. The lowest BCUT2D eigenvalue weighted by Crippen LogP contribution is -2.04. The predicted octanol–water partition coefficient (Wildman–Crippen LogP) is 3.29. The van der Waals surface area contributed by atoms with E-state index in [0.717, 1.165) is 17.0 Å². The molecule has 0 fully saturated rings. The minimum Gasteiger partial charge on any atom is -0.481 e. The Morgan fingerprint density at radius 1 is 1.50 bits per heavy atom. The third-order valence-corrected chi connectivity index (χ3v) is 2.08. The SMILES string of the molecule is CCOC(=N)CCc1cccc(Cl)c1. The first kappa shape index (κ1) is 11.1. The van der Waals surface area contributed by atoms with Crippen molar-refractivity contribution < 1.29 is 4.74 Å². The van der Waals surface area contributed by atoms with E-state index in [-0.39, 0.29) is 0 Å². The van der Waals surface area contributed by atoms with Gasteiger partial charge in [-0.15, -0.1) is 0 Å². The fraction of sp³-hybridized carbons (Fsp3) is 0.364. The molecule has 1 aromatic carbocycles. The van der Waals surface area contributed by atoms with E-state index >= 15 is 0 Å². The molecule has 0 spiro atoms. The molecule has 0 saturated heterocycles. The average molecular weight is 212 g/mol. The molecule has 0 aliphatic carbocycles. The molecule has 2 nitrogen and oxygen atoms in total. The van der Waals surface area contributed by atoms with Crippen LogP contribution in [0.2, 0.25) is 5.02 Å². The van der Waals surface area contributed by atoms with Crippen LogP contribution in [0.1, 0.15) is 18.9 Å². The number of nitrogens with one attached hydrogen (secondary N) is 1. The molecule has 0 atom stereocenters. The van der Waals surface area contributed by atoms with Gasteiger partial charge >= 0.3 is 0 Å². The third-order valence-electron chi connectivity index (χ3n) is 1.85. The van der Waals surface area contributed by atoms with Crippen LogP contribution in [0.25, 0.3) is 0 Å². The number of halogens is 1. The molecule has 1 N–H and O–H groups in total.